The quantitative estimate of drug-likeness (QED) is 0.677. The zero-order valence-corrected chi connectivity index (χ0v) is 9.82. The van der Waals surface area contributed by atoms with Crippen molar-refractivity contribution in [1.82, 2.24) is 10.6 Å². The zero-order valence-electron chi connectivity index (χ0n) is 9.82. The van der Waals surface area contributed by atoms with Gasteiger partial charge >= 0.3 is 5.97 Å². The number of carboxylic acids is 1. The molecule has 1 atom stereocenters. The lowest BCUT2D eigenvalue weighted by Gasteiger charge is -2.11. The number of amides is 1. The van der Waals surface area contributed by atoms with Gasteiger partial charge in [0.2, 0.25) is 11.7 Å². The van der Waals surface area contributed by atoms with Crippen LogP contribution in [0.4, 0.5) is 0 Å². The SMILES string of the molecule is CCNC(=O)C(C)NCc1ccc(C(=O)O)o1. The van der Waals surface area contributed by atoms with E-state index < -0.39 is 5.97 Å². The summed E-state index contributed by atoms with van der Waals surface area (Å²) in [6.07, 6.45) is 0. The lowest BCUT2D eigenvalue weighted by atomic mass is 10.3. The molecule has 3 N–H and O–H groups in total. The van der Waals surface area contributed by atoms with Gasteiger partial charge in [0, 0.05) is 6.54 Å². The first-order chi connectivity index (χ1) is 8.04. The first-order valence-corrected chi connectivity index (χ1v) is 5.37. The Morgan fingerprint density at radius 1 is 1.47 bits per heavy atom. The topological polar surface area (TPSA) is 91.6 Å². The van der Waals surface area contributed by atoms with Crippen LogP contribution in [0.3, 0.4) is 0 Å². The predicted molar refractivity (Wildman–Crippen MR) is 60.7 cm³/mol. The Kier molecular flexibility index (Phi) is 4.71. The van der Waals surface area contributed by atoms with Crippen LogP contribution in [0, 0.1) is 0 Å². The summed E-state index contributed by atoms with van der Waals surface area (Å²) in [5.41, 5.74) is 0. The molecule has 17 heavy (non-hydrogen) atoms. The summed E-state index contributed by atoms with van der Waals surface area (Å²) in [5.74, 6) is -0.823. The van der Waals surface area contributed by atoms with Gasteiger partial charge in [-0.3, -0.25) is 10.1 Å². The molecule has 0 spiro atoms. The molecule has 0 saturated carbocycles. The van der Waals surface area contributed by atoms with E-state index in [1.165, 1.54) is 6.07 Å². The van der Waals surface area contributed by atoms with Crippen LogP contribution < -0.4 is 10.6 Å². The second kappa shape index (κ2) is 6.05. The van der Waals surface area contributed by atoms with Gasteiger partial charge in [-0.25, -0.2) is 4.79 Å². The minimum atomic E-state index is -1.10. The Hall–Kier alpha value is -1.82. The summed E-state index contributed by atoms with van der Waals surface area (Å²) in [5, 5.41) is 14.3. The smallest absolute Gasteiger partial charge is 0.371 e. The number of furan rings is 1. The Morgan fingerprint density at radius 3 is 2.71 bits per heavy atom. The number of hydrogen-bond donors (Lipinski definition) is 3. The Bertz CT molecular complexity index is 400. The molecule has 1 heterocycles. The number of carboxylic acid groups (broad SMARTS) is 1. The van der Waals surface area contributed by atoms with E-state index in [9.17, 15) is 9.59 Å². The lowest BCUT2D eigenvalue weighted by molar-refractivity contribution is -0.122. The number of likely N-dealkylation sites (N-methyl/N-ethyl adjacent to an activating group) is 1. The second-order valence-electron chi connectivity index (χ2n) is 3.57. The summed E-state index contributed by atoms with van der Waals surface area (Å²) in [6.45, 7) is 4.46. The van der Waals surface area contributed by atoms with Crippen molar-refractivity contribution in [3.63, 3.8) is 0 Å². The number of aromatic carboxylic acids is 1. The van der Waals surface area contributed by atoms with Crippen LogP contribution in [0.1, 0.15) is 30.2 Å². The normalized spacial score (nSPS) is 12.1. The number of carbonyl (C=O) groups excluding carboxylic acids is 1. The highest BCUT2D eigenvalue weighted by Crippen LogP contribution is 2.07. The maximum atomic E-state index is 11.4. The van der Waals surface area contributed by atoms with Crippen molar-refractivity contribution in [3.05, 3.63) is 23.7 Å². The van der Waals surface area contributed by atoms with Crippen molar-refractivity contribution < 1.29 is 19.1 Å². The molecule has 0 aliphatic rings. The maximum absolute atomic E-state index is 11.4. The van der Waals surface area contributed by atoms with Crippen LogP contribution in [-0.2, 0) is 11.3 Å². The van der Waals surface area contributed by atoms with E-state index in [1.807, 2.05) is 6.92 Å². The maximum Gasteiger partial charge on any atom is 0.371 e. The van der Waals surface area contributed by atoms with Gasteiger partial charge in [-0.05, 0) is 26.0 Å². The molecule has 0 bridgehead atoms. The van der Waals surface area contributed by atoms with E-state index in [-0.39, 0.29) is 17.7 Å². The van der Waals surface area contributed by atoms with Gasteiger partial charge in [-0.2, -0.15) is 0 Å². The molecule has 0 aliphatic heterocycles. The molecule has 1 amide bonds. The van der Waals surface area contributed by atoms with Gasteiger partial charge in [-0.1, -0.05) is 0 Å². The molecule has 6 nitrogen and oxygen atoms in total. The van der Waals surface area contributed by atoms with Crippen molar-refractivity contribution in [1.29, 1.82) is 0 Å². The molecule has 1 aromatic heterocycles. The Balaban J connectivity index is 2.44. The molecule has 0 fully saturated rings. The van der Waals surface area contributed by atoms with Gasteiger partial charge in [0.15, 0.2) is 0 Å². The Morgan fingerprint density at radius 2 is 2.18 bits per heavy atom. The van der Waals surface area contributed by atoms with Gasteiger partial charge in [-0.15, -0.1) is 0 Å². The van der Waals surface area contributed by atoms with Crippen LogP contribution >= 0.6 is 0 Å². The van der Waals surface area contributed by atoms with Crippen LogP contribution in [0.5, 0.6) is 0 Å². The fraction of sp³-hybridized carbons (Fsp3) is 0.455. The molecule has 6 heteroatoms. The number of hydrogen-bond acceptors (Lipinski definition) is 4. The summed E-state index contributed by atoms with van der Waals surface area (Å²) in [6, 6.07) is 2.60. The molecule has 1 aromatic rings. The molecule has 1 unspecified atom stereocenters. The van der Waals surface area contributed by atoms with Crippen molar-refractivity contribution in [3.8, 4) is 0 Å². The molecular formula is C11H16N2O4. The van der Waals surface area contributed by atoms with Crippen LogP contribution in [0.15, 0.2) is 16.5 Å². The van der Waals surface area contributed by atoms with Crippen LogP contribution in [-0.4, -0.2) is 29.6 Å². The molecule has 1 rings (SSSR count). The molecule has 0 aromatic carbocycles. The average molecular weight is 240 g/mol. The summed E-state index contributed by atoms with van der Waals surface area (Å²) in [4.78, 5) is 21.9. The zero-order chi connectivity index (χ0) is 12.8. The van der Waals surface area contributed by atoms with E-state index in [1.54, 1.807) is 13.0 Å². The fourth-order valence-electron chi connectivity index (χ4n) is 1.26. The number of carbonyl (C=O) groups is 2. The molecule has 0 aliphatic carbocycles. The molecule has 94 valence electrons. The lowest BCUT2D eigenvalue weighted by Crippen LogP contribution is -2.41. The van der Waals surface area contributed by atoms with Crippen molar-refractivity contribution >= 4 is 11.9 Å². The second-order valence-corrected chi connectivity index (χ2v) is 3.57. The Labute approximate surface area is 99.0 Å². The van der Waals surface area contributed by atoms with Gasteiger partial charge in [0.05, 0.1) is 12.6 Å². The first-order valence-electron chi connectivity index (χ1n) is 5.37. The highest BCUT2D eigenvalue weighted by Gasteiger charge is 2.13. The van der Waals surface area contributed by atoms with E-state index in [0.29, 0.717) is 18.8 Å². The third kappa shape index (κ3) is 3.92. The average Bonchev–Trinajstić information content (AvgIpc) is 2.75. The van der Waals surface area contributed by atoms with E-state index in [4.69, 9.17) is 9.52 Å². The largest absolute Gasteiger partial charge is 0.475 e. The molecule has 0 saturated heterocycles. The molecule has 0 radical (unpaired) electrons. The summed E-state index contributed by atoms with van der Waals surface area (Å²) >= 11 is 0. The van der Waals surface area contributed by atoms with Crippen LogP contribution in [0.25, 0.3) is 0 Å². The van der Waals surface area contributed by atoms with Gasteiger partial charge < -0.3 is 14.8 Å². The van der Waals surface area contributed by atoms with E-state index >= 15 is 0 Å². The third-order valence-electron chi connectivity index (χ3n) is 2.20. The monoisotopic (exact) mass is 240 g/mol. The summed E-state index contributed by atoms with van der Waals surface area (Å²) in [7, 11) is 0. The minimum Gasteiger partial charge on any atom is -0.475 e. The van der Waals surface area contributed by atoms with Gasteiger partial charge in [0.25, 0.3) is 0 Å². The number of rotatable bonds is 6. The minimum absolute atomic E-state index is 0.0995. The van der Waals surface area contributed by atoms with Crippen molar-refractivity contribution in [2.24, 2.45) is 0 Å². The highest BCUT2D eigenvalue weighted by atomic mass is 16.4. The van der Waals surface area contributed by atoms with E-state index in [0.717, 1.165) is 0 Å². The fourth-order valence-corrected chi connectivity index (χ4v) is 1.26. The summed E-state index contributed by atoms with van der Waals surface area (Å²) < 4.78 is 5.04. The van der Waals surface area contributed by atoms with E-state index in [2.05, 4.69) is 10.6 Å². The van der Waals surface area contributed by atoms with Crippen molar-refractivity contribution in [2.45, 2.75) is 26.4 Å². The van der Waals surface area contributed by atoms with Gasteiger partial charge in [0.1, 0.15) is 5.76 Å². The molecular weight excluding hydrogens is 224 g/mol. The first kappa shape index (κ1) is 13.2. The highest BCUT2D eigenvalue weighted by molar-refractivity contribution is 5.84. The van der Waals surface area contributed by atoms with Crippen molar-refractivity contribution in [2.75, 3.05) is 6.54 Å². The third-order valence-corrected chi connectivity index (χ3v) is 2.20. The standard InChI is InChI=1S/C11H16N2O4/c1-3-12-10(14)7(2)13-6-8-4-5-9(17-8)11(15)16/h4-5,7,13H,3,6H2,1-2H3,(H,12,14)(H,15,16). The van der Waals surface area contributed by atoms with Crippen LogP contribution in [0.2, 0.25) is 0 Å². The number of nitrogens with one attached hydrogen (secondary N) is 2. The predicted octanol–water partition coefficient (Wildman–Crippen LogP) is 0.592.